The van der Waals surface area contributed by atoms with Gasteiger partial charge < -0.3 is 34.8 Å². The number of carbonyl (C=O) groups is 4. The van der Waals surface area contributed by atoms with Crippen LogP contribution in [-0.4, -0.2) is 77.9 Å². The summed E-state index contributed by atoms with van der Waals surface area (Å²) in [6.07, 6.45) is 3.04. The number of nitrogens with two attached hydrogens (primary N) is 1. The Labute approximate surface area is 298 Å². The van der Waals surface area contributed by atoms with Gasteiger partial charge in [0.05, 0.1) is 30.8 Å². The van der Waals surface area contributed by atoms with E-state index in [0.717, 1.165) is 23.8 Å². The van der Waals surface area contributed by atoms with E-state index in [-0.39, 0.29) is 69.3 Å². The van der Waals surface area contributed by atoms with Crippen molar-refractivity contribution in [2.45, 2.75) is 71.3 Å². The molecule has 0 unspecified atom stereocenters. The molecule has 1 fully saturated rings. The monoisotopic (exact) mass is 740 g/mol. The minimum Gasteiger partial charge on any atom is -0.504 e. The third-order valence-electron chi connectivity index (χ3n) is 8.30. The van der Waals surface area contributed by atoms with Gasteiger partial charge in [0, 0.05) is 49.6 Å². The molecule has 0 aliphatic carbocycles. The summed E-state index contributed by atoms with van der Waals surface area (Å²) in [5, 5.41) is 14.4. The van der Waals surface area contributed by atoms with Crippen LogP contribution in [0, 0.1) is 0 Å². The van der Waals surface area contributed by atoms with E-state index in [1.165, 1.54) is 6.07 Å². The number of fused-ring (bicyclic) bond motifs is 3. The van der Waals surface area contributed by atoms with E-state index in [1.807, 2.05) is 22.8 Å². The van der Waals surface area contributed by atoms with Gasteiger partial charge in [-0.1, -0.05) is 37.6 Å². The molecular weight excluding hydrogens is 699 g/mol. The number of benzene rings is 2. The molecule has 1 aliphatic rings. The molecule has 52 heavy (non-hydrogen) atoms. The van der Waals surface area contributed by atoms with E-state index in [4.69, 9.17) is 24.8 Å². The largest absolute Gasteiger partial charge is 0.524 e. The zero-order valence-electron chi connectivity index (χ0n) is 28.6. The number of nitrogens with zero attached hydrogens (tertiary/aromatic N) is 4. The second kappa shape index (κ2) is 17.0. The number of nitrogen functional groups attached to an aromatic ring is 1. The Morgan fingerprint density at radius 2 is 1.79 bits per heavy atom. The number of para-hydroxylation sites is 1. The third kappa shape index (κ3) is 9.61. The standard InChI is InChI=1S/C34H41N6O11P/c1-2-3-8-26-38-31-32(39(26)20-22-6-4-7-25(41)33(22)51-52(46,47)48)23-12-11-21(19-24(23)37-34(31)35)15-17-49-18-16-36-27(42)9-5-10-30(45)50-40-28(43)13-14-29(40)44/h4,6-7,11-12,19,41H,2-3,5,8-10,13-18,20H2,1H3,(H2,35,37)(H,36,42)(H2,46,47,48). The number of phosphoric ester groups is 1. The molecule has 18 heteroatoms. The van der Waals surface area contributed by atoms with Crippen LogP contribution in [0.3, 0.4) is 0 Å². The van der Waals surface area contributed by atoms with Gasteiger partial charge >= 0.3 is 13.8 Å². The van der Waals surface area contributed by atoms with Gasteiger partial charge in [-0.05, 0) is 37.0 Å². The number of aromatic hydroxyl groups is 1. The number of imide groups is 1. The molecule has 2 aromatic carbocycles. The van der Waals surface area contributed by atoms with Crippen LogP contribution in [0.4, 0.5) is 5.82 Å². The number of pyridine rings is 1. The Bertz CT molecular complexity index is 2010. The van der Waals surface area contributed by atoms with Crippen molar-refractivity contribution in [1.82, 2.24) is 24.9 Å². The number of hydroxylamine groups is 2. The number of aromatic nitrogens is 3. The number of carbonyl (C=O) groups excluding carboxylic acids is 4. The first kappa shape index (κ1) is 38.1. The van der Waals surface area contributed by atoms with Crippen LogP contribution in [0.25, 0.3) is 21.9 Å². The highest BCUT2D eigenvalue weighted by Gasteiger charge is 2.32. The summed E-state index contributed by atoms with van der Waals surface area (Å²) < 4.78 is 24.2. The molecule has 0 spiro atoms. The highest BCUT2D eigenvalue weighted by atomic mass is 31.2. The van der Waals surface area contributed by atoms with Crippen molar-refractivity contribution < 1.29 is 52.7 Å². The molecule has 3 amide bonds. The maximum atomic E-state index is 12.1. The Morgan fingerprint density at radius 1 is 1.02 bits per heavy atom. The topological polar surface area (TPSA) is 246 Å². The predicted molar refractivity (Wildman–Crippen MR) is 187 cm³/mol. The van der Waals surface area contributed by atoms with Crippen LogP contribution in [0.1, 0.15) is 68.8 Å². The molecule has 1 aliphatic heterocycles. The maximum Gasteiger partial charge on any atom is 0.524 e. The number of imidazole rings is 1. The van der Waals surface area contributed by atoms with E-state index in [9.17, 15) is 38.6 Å². The summed E-state index contributed by atoms with van der Waals surface area (Å²) >= 11 is 0. The molecule has 0 saturated carbocycles. The summed E-state index contributed by atoms with van der Waals surface area (Å²) in [6.45, 7) is 3.02. The number of phenols is 1. The van der Waals surface area contributed by atoms with E-state index in [2.05, 4.69) is 17.2 Å². The minimum absolute atomic E-state index is 0.0111. The first-order chi connectivity index (χ1) is 24.8. The highest BCUT2D eigenvalue weighted by Crippen LogP contribution is 2.44. The number of hydrogen-bond donors (Lipinski definition) is 5. The van der Waals surface area contributed by atoms with Gasteiger partial charge in [0.25, 0.3) is 11.8 Å². The fourth-order valence-corrected chi connectivity index (χ4v) is 6.24. The summed E-state index contributed by atoms with van der Waals surface area (Å²) in [5.74, 6) is -1.95. The molecule has 4 aromatic rings. The SMILES string of the molecule is CCCCc1nc2c(N)nc3cc(CCOCCNC(=O)CCCC(=O)ON4C(=O)CCC4=O)ccc3c2n1Cc1cccc(O)c1OP(=O)(O)O. The zero-order valence-corrected chi connectivity index (χ0v) is 29.5. The number of aryl methyl sites for hydroxylation is 1. The van der Waals surface area contributed by atoms with Crippen LogP contribution in [0.5, 0.6) is 11.5 Å². The summed E-state index contributed by atoms with van der Waals surface area (Å²) in [5.41, 5.74) is 9.47. The number of ether oxygens (including phenoxy) is 1. The van der Waals surface area contributed by atoms with Crippen molar-refractivity contribution in [3.8, 4) is 11.5 Å². The van der Waals surface area contributed by atoms with Crippen LogP contribution in [0.2, 0.25) is 0 Å². The Balaban J connectivity index is 1.18. The van der Waals surface area contributed by atoms with Crippen LogP contribution in [0.15, 0.2) is 36.4 Å². The second-order valence-electron chi connectivity index (χ2n) is 12.2. The number of unbranched alkanes of at least 4 members (excludes halogenated alkanes) is 1. The number of rotatable bonds is 18. The van der Waals surface area contributed by atoms with Gasteiger partial charge in [-0.15, -0.1) is 5.06 Å². The smallest absolute Gasteiger partial charge is 0.504 e. The van der Waals surface area contributed by atoms with E-state index >= 15 is 0 Å². The molecule has 2 aromatic heterocycles. The molecule has 1 saturated heterocycles. The summed E-state index contributed by atoms with van der Waals surface area (Å²) in [6, 6.07) is 10.2. The van der Waals surface area contributed by atoms with Crippen molar-refractivity contribution in [1.29, 1.82) is 0 Å². The zero-order chi connectivity index (χ0) is 37.4. The number of amides is 3. The van der Waals surface area contributed by atoms with Crippen molar-refractivity contribution in [2.24, 2.45) is 0 Å². The average molecular weight is 741 g/mol. The van der Waals surface area contributed by atoms with Crippen LogP contribution >= 0.6 is 7.82 Å². The van der Waals surface area contributed by atoms with Crippen molar-refractivity contribution >= 4 is 59.3 Å². The molecule has 0 atom stereocenters. The maximum absolute atomic E-state index is 12.1. The van der Waals surface area contributed by atoms with Gasteiger partial charge in [0.2, 0.25) is 5.91 Å². The lowest BCUT2D eigenvalue weighted by Crippen LogP contribution is -2.32. The molecule has 278 valence electrons. The number of hydrogen-bond acceptors (Lipinski definition) is 12. The van der Waals surface area contributed by atoms with Crippen molar-refractivity contribution in [2.75, 3.05) is 25.5 Å². The first-order valence-corrected chi connectivity index (χ1v) is 18.4. The average Bonchev–Trinajstić information content (AvgIpc) is 3.61. The molecular formula is C34H41N6O11P. The van der Waals surface area contributed by atoms with Crippen LogP contribution in [-0.2, 0) is 52.7 Å². The Kier molecular flexibility index (Phi) is 12.4. The van der Waals surface area contributed by atoms with Gasteiger partial charge in [0.1, 0.15) is 11.3 Å². The lowest BCUT2D eigenvalue weighted by Gasteiger charge is -2.16. The predicted octanol–water partition coefficient (Wildman–Crippen LogP) is 3.19. The van der Waals surface area contributed by atoms with E-state index in [0.29, 0.717) is 52.4 Å². The van der Waals surface area contributed by atoms with Gasteiger partial charge in [-0.2, -0.15) is 0 Å². The van der Waals surface area contributed by atoms with E-state index in [1.54, 1.807) is 12.1 Å². The van der Waals surface area contributed by atoms with Crippen molar-refractivity contribution in [3.05, 3.63) is 53.3 Å². The number of phenolic OH excluding ortho intramolecular Hbond substituents is 1. The fraction of sp³-hybridized carbons (Fsp3) is 0.412. The van der Waals surface area contributed by atoms with Crippen molar-refractivity contribution in [3.63, 3.8) is 0 Å². The van der Waals surface area contributed by atoms with E-state index < -0.39 is 31.4 Å². The molecule has 0 bridgehead atoms. The quantitative estimate of drug-likeness (QED) is 0.0559. The Morgan fingerprint density at radius 3 is 2.52 bits per heavy atom. The summed E-state index contributed by atoms with van der Waals surface area (Å²) in [7, 11) is -4.97. The van der Waals surface area contributed by atoms with Gasteiger partial charge in [-0.25, -0.2) is 19.3 Å². The number of phosphoric acid groups is 1. The highest BCUT2D eigenvalue weighted by molar-refractivity contribution is 7.46. The summed E-state index contributed by atoms with van der Waals surface area (Å²) in [4.78, 5) is 80.3. The molecule has 17 nitrogen and oxygen atoms in total. The molecule has 6 N–H and O–H groups in total. The Hall–Kier alpha value is -5.09. The normalized spacial score (nSPS) is 13.3. The number of anilines is 1. The minimum atomic E-state index is -4.97. The van der Waals surface area contributed by atoms with Crippen LogP contribution < -0.4 is 15.6 Å². The molecule has 3 heterocycles. The fourth-order valence-electron chi connectivity index (χ4n) is 5.79. The van der Waals surface area contributed by atoms with Gasteiger partial charge in [-0.3, -0.25) is 24.2 Å². The molecule has 0 radical (unpaired) electrons. The number of nitrogens with one attached hydrogen (secondary N) is 1. The molecule has 5 rings (SSSR count). The van der Waals surface area contributed by atoms with Gasteiger partial charge in [0.15, 0.2) is 17.3 Å². The third-order valence-corrected chi connectivity index (χ3v) is 8.72. The second-order valence-corrected chi connectivity index (χ2v) is 13.4. The first-order valence-electron chi connectivity index (χ1n) is 16.9. The lowest BCUT2D eigenvalue weighted by molar-refractivity contribution is -0.197. The lowest BCUT2D eigenvalue weighted by atomic mass is 10.1.